The van der Waals surface area contributed by atoms with E-state index >= 15 is 0 Å². The van der Waals surface area contributed by atoms with Gasteiger partial charge < -0.3 is 24.1 Å². The molecule has 10 heteroatoms. The highest BCUT2D eigenvalue weighted by Gasteiger charge is 2.34. The molecule has 9 nitrogen and oxygen atoms in total. The fraction of sp³-hybridized carbons (Fsp3) is 0.286. The Labute approximate surface area is 305 Å². The first kappa shape index (κ1) is 35.8. The van der Waals surface area contributed by atoms with Crippen LogP contribution in [0.3, 0.4) is 0 Å². The highest BCUT2D eigenvalue weighted by molar-refractivity contribution is 7.89. The molecule has 270 valence electrons. The van der Waals surface area contributed by atoms with E-state index in [9.17, 15) is 13.5 Å². The molecule has 0 aromatic heterocycles. The number of nitrogens with zero attached hydrogens (tertiary/aromatic N) is 1. The van der Waals surface area contributed by atoms with Crippen LogP contribution in [-0.2, 0) is 45.6 Å². The second kappa shape index (κ2) is 16.0. The molecule has 2 N–H and O–H groups in total. The van der Waals surface area contributed by atoms with Crippen molar-refractivity contribution in [2.24, 2.45) is 0 Å². The highest BCUT2D eigenvalue weighted by atomic mass is 32.2. The highest BCUT2D eigenvalue weighted by Crippen LogP contribution is 2.40. The molecule has 2 aliphatic heterocycles. The number of fused-ring (bicyclic) bond motifs is 1. The fourth-order valence-electron chi connectivity index (χ4n) is 7.05. The Bertz CT molecular complexity index is 2070. The van der Waals surface area contributed by atoms with E-state index in [1.807, 2.05) is 72.8 Å². The molecule has 0 radical (unpaired) electrons. The minimum Gasteiger partial charge on any atom is -0.493 e. The van der Waals surface area contributed by atoms with Gasteiger partial charge in [0.05, 0.1) is 37.9 Å². The van der Waals surface area contributed by atoms with E-state index in [1.165, 1.54) is 11.1 Å². The number of methoxy groups -OCH3 is 2. The van der Waals surface area contributed by atoms with Gasteiger partial charge in [0, 0.05) is 38.2 Å². The average molecular weight is 721 g/mol. The molecule has 3 atom stereocenters. The quantitative estimate of drug-likeness (QED) is 0.143. The molecular formula is C42H44N2O7S. The molecule has 2 aliphatic rings. The predicted molar refractivity (Wildman–Crippen MR) is 199 cm³/mol. The number of aliphatic hydroxyl groups excluding tert-OH is 1. The van der Waals surface area contributed by atoms with E-state index in [2.05, 4.69) is 21.8 Å². The number of nitrogens with one attached hydrogen (secondary N) is 1. The second-order valence-corrected chi connectivity index (χ2v) is 15.0. The average Bonchev–Trinajstić information content (AvgIpc) is 3.20. The lowest BCUT2D eigenvalue weighted by Crippen LogP contribution is -2.41. The molecule has 2 heterocycles. The van der Waals surface area contributed by atoms with E-state index in [1.54, 1.807) is 44.6 Å². The van der Waals surface area contributed by atoms with Crippen LogP contribution >= 0.6 is 0 Å². The lowest BCUT2D eigenvalue weighted by molar-refractivity contribution is -0.253. The summed E-state index contributed by atoms with van der Waals surface area (Å²) in [6, 6.07) is 36.4. The third-order valence-corrected chi connectivity index (χ3v) is 11.3. The Hall–Kier alpha value is -4.55. The Morgan fingerprint density at radius 2 is 1.48 bits per heavy atom. The molecule has 0 bridgehead atoms. The maximum atomic E-state index is 12.9. The molecule has 0 saturated carbocycles. The zero-order valence-electron chi connectivity index (χ0n) is 29.4. The normalized spacial score (nSPS) is 19.2. The summed E-state index contributed by atoms with van der Waals surface area (Å²) in [5.41, 5.74) is 8.06. The van der Waals surface area contributed by atoms with Gasteiger partial charge in [0.15, 0.2) is 17.8 Å². The van der Waals surface area contributed by atoms with Gasteiger partial charge in [-0.25, -0.2) is 13.1 Å². The predicted octanol–water partition coefficient (Wildman–Crippen LogP) is 6.95. The first-order valence-electron chi connectivity index (χ1n) is 17.5. The maximum absolute atomic E-state index is 12.9. The van der Waals surface area contributed by atoms with Crippen molar-refractivity contribution in [3.63, 3.8) is 0 Å². The van der Waals surface area contributed by atoms with Gasteiger partial charge in [0.2, 0.25) is 10.0 Å². The van der Waals surface area contributed by atoms with Gasteiger partial charge in [-0.3, -0.25) is 4.90 Å². The van der Waals surface area contributed by atoms with Gasteiger partial charge in [0.1, 0.15) is 0 Å². The lowest BCUT2D eigenvalue weighted by atomic mass is 9.96. The summed E-state index contributed by atoms with van der Waals surface area (Å²) in [6.45, 7) is 2.57. The maximum Gasteiger partial charge on any atom is 0.240 e. The summed E-state index contributed by atoms with van der Waals surface area (Å²) >= 11 is 0. The van der Waals surface area contributed by atoms with E-state index in [4.69, 9.17) is 18.9 Å². The number of ether oxygens (including phenoxy) is 4. The summed E-state index contributed by atoms with van der Waals surface area (Å²) in [7, 11) is -0.329. The number of benzene rings is 5. The first-order valence-corrected chi connectivity index (χ1v) is 19.0. The summed E-state index contributed by atoms with van der Waals surface area (Å²) in [4.78, 5) is 2.66. The number of hydrogen-bond acceptors (Lipinski definition) is 8. The van der Waals surface area contributed by atoms with E-state index < -0.39 is 16.3 Å². The fourth-order valence-corrected chi connectivity index (χ4v) is 8.08. The van der Waals surface area contributed by atoms with E-state index in [-0.39, 0.29) is 30.3 Å². The van der Waals surface area contributed by atoms with Crippen LogP contribution < -0.4 is 14.2 Å². The number of hydrogen-bond donors (Lipinski definition) is 2. The van der Waals surface area contributed by atoms with Gasteiger partial charge in [-0.2, -0.15) is 0 Å². The van der Waals surface area contributed by atoms with Crippen molar-refractivity contribution in [2.45, 2.75) is 55.9 Å². The monoisotopic (exact) mass is 720 g/mol. The Morgan fingerprint density at radius 3 is 2.19 bits per heavy atom. The number of sulfonamides is 1. The van der Waals surface area contributed by atoms with E-state index in [0.717, 1.165) is 70.9 Å². The topological polar surface area (TPSA) is 107 Å². The minimum absolute atomic E-state index is 0.0123. The SMILES string of the molecule is COc1cc2c(cc1OC)CN(C[C@@H]1C[C@H](c3ccc(CO)cc3)O[C@H](c3ccc(-c4ccccc4CNS(=O)(=O)c4ccccc4)cc3)O1)CC2. The van der Waals surface area contributed by atoms with Crippen LogP contribution in [0.5, 0.6) is 11.5 Å². The van der Waals surface area contributed by atoms with Crippen molar-refractivity contribution >= 4 is 10.0 Å². The summed E-state index contributed by atoms with van der Waals surface area (Å²) in [5, 5.41) is 9.62. The zero-order valence-corrected chi connectivity index (χ0v) is 30.2. The van der Waals surface area contributed by atoms with Crippen molar-refractivity contribution < 1.29 is 32.5 Å². The summed E-state index contributed by atoms with van der Waals surface area (Å²) in [5.74, 6) is 1.49. The molecule has 0 spiro atoms. The van der Waals surface area contributed by atoms with Gasteiger partial charge in [-0.1, -0.05) is 91.0 Å². The van der Waals surface area contributed by atoms with Crippen LogP contribution in [0.4, 0.5) is 0 Å². The van der Waals surface area contributed by atoms with Crippen molar-refractivity contribution in [3.8, 4) is 22.6 Å². The van der Waals surface area contributed by atoms with Gasteiger partial charge in [-0.15, -0.1) is 0 Å². The molecule has 1 saturated heterocycles. The van der Waals surface area contributed by atoms with Gasteiger partial charge in [0.25, 0.3) is 0 Å². The standard InChI is InChI=1S/C42H44N2O7S/c1-48-40-22-33-20-21-44(26-35(33)23-41(40)49-2)27-36-24-39(31-14-12-29(28-45)13-15-31)51-42(50-36)32-18-16-30(17-19-32)38-11-7-6-8-34(38)25-43-52(46,47)37-9-4-3-5-10-37/h3-19,22-23,36,39,42-43,45H,20-21,24-28H2,1-2H3/t36-,39+,42+/m0/s1. The molecule has 0 aliphatic carbocycles. The van der Waals surface area contributed by atoms with Crippen molar-refractivity contribution in [2.75, 3.05) is 27.3 Å². The van der Waals surface area contributed by atoms with Crippen LogP contribution in [0.15, 0.2) is 120 Å². The Morgan fingerprint density at radius 1 is 0.808 bits per heavy atom. The van der Waals surface area contributed by atoms with Crippen molar-refractivity contribution in [3.05, 3.63) is 149 Å². The Balaban J connectivity index is 1.09. The number of aliphatic hydroxyl groups is 1. The largest absolute Gasteiger partial charge is 0.493 e. The number of rotatable bonds is 12. The van der Waals surface area contributed by atoms with Crippen LogP contribution in [0.2, 0.25) is 0 Å². The second-order valence-electron chi connectivity index (χ2n) is 13.2. The summed E-state index contributed by atoms with van der Waals surface area (Å²) < 4.78 is 53.1. The van der Waals surface area contributed by atoms with Crippen molar-refractivity contribution in [1.29, 1.82) is 0 Å². The molecule has 5 aromatic carbocycles. The molecular weight excluding hydrogens is 677 g/mol. The summed E-state index contributed by atoms with van der Waals surface area (Å²) in [6.07, 6.45) is 0.709. The molecule has 1 fully saturated rings. The molecule has 5 aromatic rings. The van der Waals surface area contributed by atoms with Crippen LogP contribution in [0, 0.1) is 0 Å². The van der Waals surface area contributed by atoms with Crippen LogP contribution in [0.1, 0.15) is 52.2 Å². The molecule has 7 rings (SSSR count). The Kier molecular flexibility index (Phi) is 11.0. The minimum atomic E-state index is -3.66. The van der Waals surface area contributed by atoms with Gasteiger partial charge in [-0.05, 0) is 69.6 Å². The van der Waals surface area contributed by atoms with E-state index in [0.29, 0.717) is 6.42 Å². The third-order valence-electron chi connectivity index (χ3n) is 9.89. The smallest absolute Gasteiger partial charge is 0.240 e. The van der Waals surface area contributed by atoms with Gasteiger partial charge >= 0.3 is 0 Å². The lowest BCUT2D eigenvalue weighted by Gasteiger charge is -2.39. The zero-order chi connectivity index (χ0) is 36.1. The van der Waals surface area contributed by atoms with Crippen LogP contribution in [-0.4, -0.2) is 51.8 Å². The van der Waals surface area contributed by atoms with Crippen LogP contribution in [0.25, 0.3) is 11.1 Å². The molecule has 0 amide bonds. The first-order chi connectivity index (χ1) is 25.3. The third kappa shape index (κ3) is 8.08. The molecule has 0 unspecified atom stereocenters. The van der Waals surface area contributed by atoms with Crippen molar-refractivity contribution in [1.82, 2.24) is 9.62 Å². The molecule has 52 heavy (non-hydrogen) atoms.